The van der Waals surface area contributed by atoms with Crippen molar-refractivity contribution in [2.45, 2.75) is 22.6 Å². The second-order valence-electron chi connectivity index (χ2n) is 8.78. The zero-order chi connectivity index (χ0) is 25.4. The average molecular weight is 521 g/mol. The fourth-order valence-corrected chi connectivity index (χ4v) is 6.62. The number of fused-ring (bicyclic) bond motifs is 2. The largest absolute Gasteiger partial charge is 0.325 e. The van der Waals surface area contributed by atoms with Gasteiger partial charge in [0.15, 0.2) is 11.6 Å². The minimum absolute atomic E-state index is 0.197. The molecule has 1 fully saturated rings. The number of carbonyl (C=O) groups excluding carboxylic acids is 3. The van der Waals surface area contributed by atoms with Crippen molar-refractivity contribution in [1.82, 2.24) is 4.31 Å². The number of benzene rings is 3. The van der Waals surface area contributed by atoms with Crippen molar-refractivity contribution >= 4 is 44.9 Å². The highest BCUT2D eigenvalue weighted by Crippen LogP contribution is 2.33. The number of anilines is 1. The van der Waals surface area contributed by atoms with E-state index < -0.39 is 15.9 Å². The molecule has 1 aliphatic carbocycles. The van der Waals surface area contributed by atoms with E-state index >= 15 is 0 Å². The van der Waals surface area contributed by atoms with Crippen LogP contribution in [0.1, 0.15) is 44.7 Å². The summed E-state index contributed by atoms with van der Waals surface area (Å²) in [7, 11) is -3.64. The van der Waals surface area contributed by atoms with Gasteiger partial charge < -0.3 is 5.32 Å². The maximum absolute atomic E-state index is 13.2. The topological polar surface area (TPSA) is 101 Å². The monoisotopic (exact) mass is 520 g/mol. The van der Waals surface area contributed by atoms with Gasteiger partial charge in [0.25, 0.3) is 0 Å². The molecular weight excluding hydrogens is 496 g/mol. The van der Waals surface area contributed by atoms with Crippen molar-refractivity contribution in [1.29, 1.82) is 0 Å². The number of carbonyl (C=O) groups is 3. The summed E-state index contributed by atoms with van der Waals surface area (Å²) in [6.45, 7) is 0.449. The van der Waals surface area contributed by atoms with Crippen LogP contribution in [0.25, 0.3) is 0 Å². The second-order valence-corrected chi connectivity index (χ2v) is 11.6. The summed E-state index contributed by atoms with van der Waals surface area (Å²) in [5.41, 5.74) is 1.44. The fourth-order valence-electron chi connectivity index (χ4n) is 4.74. The van der Waals surface area contributed by atoms with Crippen LogP contribution in [0.15, 0.2) is 76.5 Å². The smallest absolute Gasteiger partial charge is 0.243 e. The normalized spacial score (nSPS) is 16.4. The van der Waals surface area contributed by atoms with E-state index in [9.17, 15) is 22.8 Å². The first-order valence-corrected chi connectivity index (χ1v) is 14.2. The summed E-state index contributed by atoms with van der Waals surface area (Å²) in [6, 6.07) is 18.3. The zero-order valence-electron chi connectivity index (χ0n) is 19.6. The van der Waals surface area contributed by atoms with E-state index in [1.807, 2.05) is 6.26 Å². The Labute approximate surface area is 213 Å². The van der Waals surface area contributed by atoms with E-state index in [4.69, 9.17) is 0 Å². The summed E-state index contributed by atoms with van der Waals surface area (Å²) in [5.74, 6) is -1.25. The molecule has 0 unspecified atom stereocenters. The molecule has 184 valence electrons. The Hall–Kier alpha value is -3.27. The number of piperidine rings is 1. The Morgan fingerprint density at radius 1 is 0.861 bits per heavy atom. The Kier molecular flexibility index (Phi) is 6.55. The van der Waals surface area contributed by atoms with Gasteiger partial charge in [-0.05, 0) is 49.4 Å². The van der Waals surface area contributed by atoms with E-state index in [-0.39, 0.29) is 46.6 Å². The molecule has 9 heteroatoms. The van der Waals surface area contributed by atoms with E-state index in [0.29, 0.717) is 29.7 Å². The third-order valence-electron chi connectivity index (χ3n) is 6.73. The molecule has 36 heavy (non-hydrogen) atoms. The van der Waals surface area contributed by atoms with Gasteiger partial charge in [-0.2, -0.15) is 4.31 Å². The molecule has 1 aliphatic heterocycles. The van der Waals surface area contributed by atoms with Gasteiger partial charge in [0.2, 0.25) is 15.9 Å². The number of nitrogens with zero attached hydrogens (tertiary/aromatic N) is 1. The maximum Gasteiger partial charge on any atom is 0.243 e. The third kappa shape index (κ3) is 4.27. The van der Waals surface area contributed by atoms with E-state index in [1.54, 1.807) is 78.5 Å². The van der Waals surface area contributed by atoms with Crippen LogP contribution in [0.2, 0.25) is 0 Å². The molecule has 1 saturated heterocycles. The summed E-state index contributed by atoms with van der Waals surface area (Å²) in [4.78, 5) is 40.5. The van der Waals surface area contributed by atoms with Crippen LogP contribution in [0.3, 0.4) is 0 Å². The van der Waals surface area contributed by atoms with Crippen molar-refractivity contribution in [3.05, 3.63) is 89.0 Å². The third-order valence-corrected chi connectivity index (χ3v) is 9.39. The van der Waals surface area contributed by atoms with Crippen molar-refractivity contribution in [3.63, 3.8) is 0 Å². The Bertz CT molecular complexity index is 1470. The van der Waals surface area contributed by atoms with Crippen LogP contribution in [0.5, 0.6) is 0 Å². The number of ketones is 2. The zero-order valence-corrected chi connectivity index (χ0v) is 21.2. The van der Waals surface area contributed by atoms with Crippen LogP contribution in [0.4, 0.5) is 5.69 Å². The first-order valence-electron chi connectivity index (χ1n) is 11.6. The molecule has 0 radical (unpaired) electrons. The van der Waals surface area contributed by atoms with Gasteiger partial charge in [-0.25, -0.2) is 8.42 Å². The van der Waals surface area contributed by atoms with Crippen LogP contribution in [-0.4, -0.2) is 49.5 Å². The quantitative estimate of drug-likeness (QED) is 0.396. The van der Waals surface area contributed by atoms with Gasteiger partial charge in [0.05, 0.1) is 16.1 Å². The molecule has 5 rings (SSSR count). The molecule has 1 heterocycles. The number of rotatable bonds is 5. The number of sulfonamides is 1. The lowest BCUT2D eigenvalue weighted by atomic mass is 9.83. The highest BCUT2D eigenvalue weighted by atomic mass is 32.2. The lowest BCUT2D eigenvalue weighted by Gasteiger charge is -2.31. The van der Waals surface area contributed by atoms with E-state index in [1.165, 1.54) is 4.31 Å². The summed E-state index contributed by atoms with van der Waals surface area (Å²) >= 11 is 1.54. The maximum atomic E-state index is 13.2. The van der Waals surface area contributed by atoms with Crippen molar-refractivity contribution < 1.29 is 22.8 Å². The second kappa shape index (κ2) is 9.65. The Morgan fingerprint density at radius 3 is 2.11 bits per heavy atom. The van der Waals surface area contributed by atoms with Crippen LogP contribution >= 0.6 is 11.8 Å². The van der Waals surface area contributed by atoms with Gasteiger partial charge in [-0.1, -0.05) is 36.4 Å². The number of hydrogen-bond acceptors (Lipinski definition) is 6. The summed E-state index contributed by atoms with van der Waals surface area (Å²) in [5, 5.41) is 2.84. The van der Waals surface area contributed by atoms with Gasteiger partial charge in [-0.3, -0.25) is 14.4 Å². The molecular formula is C27H24N2O5S2. The molecule has 1 amide bonds. The van der Waals surface area contributed by atoms with Crippen LogP contribution in [-0.2, 0) is 14.8 Å². The molecule has 0 aromatic heterocycles. The summed E-state index contributed by atoms with van der Waals surface area (Å²) < 4.78 is 27.5. The predicted octanol–water partition coefficient (Wildman–Crippen LogP) is 4.22. The molecule has 3 aromatic carbocycles. The van der Waals surface area contributed by atoms with Gasteiger partial charge >= 0.3 is 0 Å². The number of thioether (sulfide) groups is 1. The standard InChI is InChI=1S/C27H24N2O5S2/c1-35-18-9-11-19(12-10-18)36(33,34)29-15-13-17(14-16-29)27(32)28-23-8-4-7-22-24(23)26(31)21-6-3-2-5-20(21)25(22)30/h2-12,17H,13-16H2,1H3,(H,28,32). The van der Waals surface area contributed by atoms with Gasteiger partial charge in [0, 0.05) is 40.6 Å². The Balaban J connectivity index is 1.30. The van der Waals surface area contributed by atoms with Crippen LogP contribution in [0, 0.1) is 5.92 Å². The average Bonchev–Trinajstić information content (AvgIpc) is 2.91. The molecule has 2 aliphatic rings. The van der Waals surface area contributed by atoms with Crippen LogP contribution < -0.4 is 5.32 Å². The first-order chi connectivity index (χ1) is 17.3. The van der Waals surface area contributed by atoms with Crippen molar-refractivity contribution in [2.75, 3.05) is 24.7 Å². The van der Waals surface area contributed by atoms with E-state index in [0.717, 1.165) is 4.90 Å². The van der Waals surface area contributed by atoms with Crippen molar-refractivity contribution in [2.24, 2.45) is 5.92 Å². The first kappa shape index (κ1) is 24.4. The number of hydrogen-bond donors (Lipinski definition) is 1. The molecule has 0 spiro atoms. The molecule has 0 saturated carbocycles. The molecule has 0 atom stereocenters. The van der Waals surface area contributed by atoms with Gasteiger partial charge in [-0.15, -0.1) is 11.8 Å². The van der Waals surface area contributed by atoms with E-state index in [2.05, 4.69) is 5.32 Å². The minimum Gasteiger partial charge on any atom is -0.325 e. The lowest BCUT2D eigenvalue weighted by Crippen LogP contribution is -2.41. The molecule has 7 nitrogen and oxygen atoms in total. The molecule has 1 N–H and O–H groups in total. The predicted molar refractivity (Wildman–Crippen MR) is 138 cm³/mol. The lowest BCUT2D eigenvalue weighted by molar-refractivity contribution is -0.120. The number of amides is 1. The minimum atomic E-state index is -3.64. The number of nitrogens with one attached hydrogen (secondary N) is 1. The molecule has 3 aromatic rings. The highest BCUT2D eigenvalue weighted by Gasteiger charge is 2.34. The SMILES string of the molecule is CSc1ccc(S(=O)(=O)N2CCC(C(=O)Nc3cccc4c3C(=O)c3ccccc3C4=O)CC2)cc1. The summed E-state index contributed by atoms with van der Waals surface area (Å²) in [6.07, 6.45) is 2.65. The Morgan fingerprint density at radius 2 is 1.47 bits per heavy atom. The highest BCUT2D eigenvalue weighted by molar-refractivity contribution is 7.98. The van der Waals surface area contributed by atoms with Gasteiger partial charge in [0.1, 0.15) is 0 Å². The fraction of sp³-hybridized carbons (Fsp3) is 0.222. The molecule has 0 bridgehead atoms. The van der Waals surface area contributed by atoms with Crippen molar-refractivity contribution in [3.8, 4) is 0 Å².